The Morgan fingerprint density at radius 2 is 1.85 bits per heavy atom. The van der Waals surface area contributed by atoms with E-state index < -0.39 is 0 Å². The second kappa shape index (κ2) is 13.4. The molecule has 0 unspecified atom stereocenters. The molecular weight excluding hydrogens is 456 g/mol. The van der Waals surface area contributed by atoms with Crippen molar-refractivity contribution in [3.8, 4) is 5.69 Å². The lowest BCUT2D eigenvalue weighted by Crippen LogP contribution is -2.24. The average Bonchev–Trinajstić information content (AvgIpc) is 2.81. The van der Waals surface area contributed by atoms with Gasteiger partial charge in [-0.3, -0.25) is 14.2 Å². The Morgan fingerprint density at radius 1 is 1.03 bits per heavy atom. The Labute approximate surface area is 203 Å². The quantitative estimate of drug-likeness (QED) is 0.203. The topological polar surface area (TPSA) is 90.0 Å². The molecule has 3 aromatic rings. The monoisotopic (exact) mass is 486 g/mol. The van der Waals surface area contributed by atoms with Gasteiger partial charge in [-0.15, -0.1) is 0 Å². The molecule has 0 fully saturated rings. The zero-order valence-corrected chi connectivity index (χ0v) is 20.3. The molecule has 0 saturated carbocycles. The van der Waals surface area contributed by atoms with E-state index in [4.69, 9.17) is 22.3 Å². The average molecular weight is 487 g/mol. The van der Waals surface area contributed by atoms with Crippen molar-refractivity contribution in [2.75, 3.05) is 18.8 Å². The van der Waals surface area contributed by atoms with E-state index in [2.05, 4.69) is 5.32 Å². The number of aromatic nitrogens is 2. The third kappa shape index (κ3) is 7.59. The molecule has 0 bridgehead atoms. The molecule has 1 aromatic heterocycles. The lowest BCUT2D eigenvalue weighted by Gasteiger charge is -2.13. The van der Waals surface area contributed by atoms with Crippen LogP contribution in [0.25, 0.3) is 16.6 Å². The molecule has 0 aliphatic heterocycles. The Hall–Kier alpha value is -2.35. The summed E-state index contributed by atoms with van der Waals surface area (Å²) in [5.41, 5.74) is 6.74. The van der Waals surface area contributed by atoms with Crippen molar-refractivity contribution in [2.45, 2.75) is 50.1 Å². The van der Waals surface area contributed by atoms with E-state index in [1.807, 2.05) is 30.3 Å². The van der Waals surface area contributed by atoms with Crippen LogP contribution in [0, 0.1) is 0 Å². The van der Waals surface area contributed by atoms with Crippen LogP contribution in [0.5, 0.6) is 0 Å². The number of benzene rings is 2. The normalized spacial score (nSPS) is 11.1. The highest BCUT2D eigenvalue weighted by molar-refractivity contribution is 7.99. The first-order chi connectivity index (χ1) is 16.1. The van der Waals surface area contributed by atoms with Gasteiger partial charge in [0, 0.05) is 23.7 Å². The van der Waals surface area contributed by atoms with Gasteiger partial charge < -0.3 is 11.1 Å². The number of carbonyl (C=O) groups excluding carboxylic acids is 1. The predicted molar refractivity (Wildman–Crippen MR) is 137 cm³/mol. The van der Waals surface area contributed by atoms with Gasteiger partial charge in [-0.25, -0.2) is 4.98 Å². The van der Waals surface area contributed by atoms with Crippen molar-refractivity contribution in [1.29, 1.82) is 0 Å². The van der Waals surface area contributed by atoms with Crippen molar-refractivity contribution in [1.82, 2.24) is 14.9 Å². The second-order valence-corrected chi connectivity index (χ2v) is 9.39. The molecule has 3 rings (SSSR count). The van der Waals surface area contributed by atoms with Crippen LogP contribution in [0.3, 0.4) is 0 Å². The smallest absolute Gasteiger partial charge is 0.266 e. The van der Waals surface area contributed by atoms with Gasteiger partial charge in [-0.2, -0.15) is 0 Å². The zero-order valence-electron chi connectivity index (χ0n) is 18.8. The highest BCUT2D eigenvalue weighted by atomic mass is 35.5. The first kappa shape index (κ1) is 25.3. The lowest BCUT2D eigenvalue weighted by molar-refractivity contribution is -0.121. The summed E-state index contributed by atoms with van der Waals surface area (Å²) >= 11 is 7.70. The number of carbonyl (C=O) groups is 1. The van der Waals surface area contributed by atoms with Gasteiger partial charge in [0.2, 0.25) is 5.91 Å². The number of rotatable bonds is 13. The van der Waals surface area contributed by atoms with Crippen LogP contribution in [-0.4, -0.2) is 34.3 Å². The first-order valence-corrected chi connectivity index (χ1v) is 12.8. The van der Waals surface area contributed by atoms with E-state index >= 15 is 0 Å². The largest absolute Gasteiger partial charge is 0.356 e. The van der Waals surface area contributed by atoms with Crippen LogP contribution in [-0.2, 0) is 4.79 Å². The summed E-state index contributed by atoms with van der Waals surface area (Å²) in [7, 11) is 0. The molecule has 1 amide bonds. The van der Waals surface area contributed by atoms with E-state index in [1.165, 1.54) is 11.8 Å². The summed E-state index contributed by atoms with van der Waals surface area (Å²) in [6, 6.07) is 14.6. The number of nitrogens with one attached hydrogen (secondary N) is 1. The number of fused-ring (bicyclic) bond motifs is 1. The molecular formula is C25H31ClN4O2S. The van der Waals surface area contributed by atoms with E-state index in [-0.39, 0.29) is 11.5 Å². The summed E-state index contributed by atoms with van der Waals surface area (Å²) in [6.07, 6.45) is 6.41. The fourth-order valence-electron chi connectivity index (χ4n) is 3.54. The predicted octanol–water partition coefficient (Wildman–Crippen LogP) is 4.94. The summed E-state index contributed by atoms with van der Waals surface area (Å²) in [5, 5.41) is 4.75. The fraction of sp³-hybridized carbons (Fsp3) is 0.400. The lowest BCUT2D eigenvalue weighted by atomic mass is 10.2. The van der Waals surface area contributed by atoms with Crippen molar-refractivity contribution in [2.24, 2.45) is 5.73 Å². The van der Waals surface area contributed by atoms with E-state index in [0.29, 0.717) is 33.2 Å². The van der Waals surface area contributed by atoms with Crippen molar-refractivity contribution < 1.29 is 4.79 Å². The Bertz CT molecular complexity index is 1120. The summed E-state index contributed by atoms with van der Waals surface area (Å²) in [6.45, 7) is 1.46. The molecule has 33 heavy (non-hydrogen) atoms. The highest BCUT2D eigenvalue weighted by Crippen LogP contribution is 2.24. The standard InChI is InChI=1S/C25H31ClN4O2S/c26-19-10-9-11-20(18-19)30-24(32)21-12-3-4-13-22(21)29-25(30)33-17-8-5-14-23(31)28-16-7-2-1-6-15-27/h3-4,9-13,18H,1-2,5-8,14-17,27H2,(H,28,31). The van der Waals surface area contributed by atoms with Gasteiger partial charge in [-0.1, -0.05) is 54.4 Å². The molecule has 3 N–H and O–H groups in total. The Kier molecular flexibility index (Phi) is 10.2. The zero-order chi connectivity index (χ0) is 23.5. The van der Waals surface area contributed by atoms with Crippen LogP contribution in [0.4, 0.5) is 0 Å². The molecule has 0 radical (unpaired) electrons. The Morgan fingerprint density at radius 3 is 2.67 bits per heavy atom. The van der Waals surface area contributed by atoms with E-state index in [1.54, 1.807) is 22.8 Å². The van der Waals surface area contributed by atoms with Crippen LogP contribution in [0.15, 0.2) is 58.5 Å². The van der Waals surface area contributed by atoms with Gasteiger partial charge in [0.15, 0.2) is 5.16 Å². The Balaban J connectivity index is 1.56. The van der Waals surface area contributed by atoms with E-state index in [9.17, 15) is 9.59 Å². The second-order valence-electron chi connectivity index (χ2n) is 7.89. The van der Waals surface area contributed by atoms with Gasteiger partial charge >= 0.3 is 0 Å². The van der Waals surface area contributed by atoms with Crippen LogP contribution < -0.4 is 16.6 Å². The molecule has 0 aliphatic carbocycles. The van der Waals surface area contributed by atoms with Crippen LogP contribution >= 0.6 is 23.4 Å². The fourth-order valence-corrected chi connectivity index (χ4v) is 4.74. The number of thioether (sulfide) groups is 1. The van der Waals surface area contributed by atoms with Gasteiger partial charge in [0.1, 0.15) is 0 Å². The number of nitrogens with two attached hydrogens (primary N) is 1. The number of para-hydroxylation sites is 1. The minimum atomic E-state index is -0.115. The molecule has 0 atom stereocenters. The third-order valence-electron chi connectivity index (χ3n) is 5.29. The van der Waals surface area contributed by atoms with Crippen molar-refractivity contribution in [3.63, 3.8) is 0 Å². The van der Waals surface area contributed by atoms with Crippen molar-refractivity contribution >= 4 is 40.2 Å². The summed E-state index contributed by atoms with van der Waals surface area (Å²) < 4.78 is 1.62. The maximum atomic E-state index is 13.2. The number of halogens is 1. The van der Waals surface area contributed by atoms with Crippen LogP contribution in [0.2, 0.25) is 5.02 Å². The minimum absolute atomic E-state index is 0.0958. The van der Waals surface area contributed by atoms with Crippen molar-refractivity contribution in [3.05, 3.63) is 63.9 Å². The number of nitrogens with zero attached hydrogens (tertiary/aromatic N) is 2. The number of unbranched alkanes of at least 4 members (excludes halogenated alkanes) is 4. The number of hydrogen-bond acceptors (Lipinski definition) is 5. The molecule has 0 spiro atoms. The molecule has 6 nitrogen and oxygen atoms in total. The maximum absolute atomic E-state index is 13.2. The molecule has 0 saturated heterocycles. The van der Waals surface area contributed by atoms with Gasteiger partial charge in [0.05, 0.1) is 16.6 Å². The minimum Gasteiger partial charge on any atom is -0.356 e. The molecule has 176 valence electrons. The van der Waals surface area contributed by atoms with Gasteiger partial charge in [-0.05, 0) is 62.6 Å². The molecule has 8 heteroatoms. The summed E-state index contributed by atoms with van der Waals surface area (Å²) in [4.78, 5) is 30.0. The van der Waals surface area contributed by atoms with Gasteiger partial charge in [0.25, 0.3) is 5.56 Å². The highest BCUT2D eigenvalue weighted by Gasteiger charge is 2.13. The third-order valence-corrected chi connectivity index (χ3v) is 6.55. The number of hydrogen-bond donors (Lipinski definition) is 2. The summed E-state index contributed by atoms with van der Waals surface area (Å²) in [5.74, 6) is 0.857. The molecule has 2 aromatic carbocycles. The van der Waals surface area contributed by atoms with Crippen LogP contribution in [0.1, 0.15) is 44.9 Å². The molecule has 0 aliphatic rings. The van der Waals surface area contributed by atoms with E-state index in [0.717, 1.165) is 57.4 Å². The number of amides is 1. The SMILES string of the molecule is NCCCCCCNC(=O)CCCCSc1nc2ccccc2c(=O)n1-c1cccc(Cl)c1. The molecule has 1 heterocycles. The first-order valence-electron chi connectivity index (χ1n) is 11.5. The maximum Gasteiger partial charge on any atom is 0.266 e.